The Morgan fingerprint density at radius 3 is 2.45 bits per heavy atom. The molecule has 2 bridgehead atoms. The Kier molecular flexibility index (Phi) is 5.03. The number of hydrogen-bond donors (Lipinski definition) is 1. The molecule has 1 aromatic heterocycles. The minimum Gasteiger partial charge on any atom is -0.376 e. The molecule has 1 unspecified atom stereocenters. The summed E-state index contributed by atoms with van der Waals surface area (Å²) in [5.41, 5.74) is 2.32. The second-order valence-corrected chi connectivity index (χ2v) is 8.74. The molecule has 4 nitrogen and oxygen atoms in total. The van der Waals surface area contributed by atoms with Crippen molar-refractivity contribution in [1.29, 1.82) is 0 Å². The molecular weight excluding hydrogens is 358 g/mol. The minimum absolute atomic E-state index is 0.300. The average Bonchev–Trinajstić information content (AvgIpc) is 3.29. The minimum atomic E-state index is -0.881. The van der Waals surface area contributed by atoms with Gasteiger partial charge in [-0.3, -0.25) is 4.90 Å². The Labute approximate surface area is 173 Å². The van der Waals surface area contributed by atoms with Crippen molar-refractivity contribution in [1.82, 2.24) is 9.88 Å². The molecule has 1 atom stereocenters. The third-order valence-electron chi connectivity index (χ3n) is 6.75. The summed E-state index contributed by atoms with van der Waals surface area (Å²) in [7, 11) is 0. The van der Waals surface area contributed by atoms with Crippen LogP contribution in [0.2, 0.25) is 0 Å². The molecule has 0 aliphatic carbocycles. The van der Waals surface area contributed by atoms with Crippen molar-refractivity contribution < 1.29 is 5.11 Å². The molecule has 4 fully saturated rings. The first-order chi connectivity index (χ1) is 14.2. The van der Waals surface area contributed by atoms with Crippen LogP contribution in [0.15, 0.2) is 42.5 Å². The molecule has 1 N–H and O–H groups in total. The lowest BCUT2D eigenvalue weighted by molar-refractivity contribution is -0.0713. The number of fused-ring (bicyclic) bond motifs is 3. The van der Waals surface area contributed by atoms with E-state index in [-0.39, 0.29) is 0 Å². The molecular formula is C25H29N3O. The summed E-state index contributed by atoms with van der Waals surface area (Å²) >= 11 is 0. The van der Waals surface area contributed by atoms with Crippen molar-refractivity contribution in [2.45, 2.75) is 37.7 Å². The SMILES string of the molecule is OC1(C#Cc2ccc(N3CCCC3)nc2Cc2ccccc2)CN2CCC1CC2. The highest BCUT2D eigenvalue weighted by Crippen LogP contribution is 2.35. The van der Waals surface area contributed by atoms with Gasteiger partial charge in [0, 0.05) is 37.5 Å². The number of piperidine rings is 3. The van der Waals surface area contributed by atoms with Crippen molar-refractivity contribution in [3.05, 3.63) is 59.3 Å². The fraction of sp³-hybridized carbons (Fsp3) is 0.480. The summed E-state index contributed by atoms with van der Waals surface area (Å²) in [5, 5.41) is 11.2. The Hall–Kier alpha value is -2.35. The summed E-state index contributed by atoms with van der Waals surface area (Å²) in [6.07, 6.45) is 5.34. The van der Waals surface area contributed by atoms with E-state index in [1.807, 2.05) is 6.07 Å². The lowest BCUT2D eigenvalue weighted by Gasteiger charge is -2.47. The zero-order valence-corrected chi connectivity index (χ0v) is 17.0. The summed E-state index contributed by atoms with van der Waals surface area (Å²) in [4.78, 5) is 9.73. The summed E-state index contributed by atoms with van der Waals surface area (Å²) < 4.78 is 0. The highest BCUT2D eigenvalue weighted by Gasteiger charge is 2.44. The maximum Gasteiger partial charge on any atom is 0.141 e. The molecule has 0 radical (unpaired) electrons. The van der Waals surface area contributed by atoms with Gasteiger partial charge in [-0.25, -0.2) is 4.98 Å². The Morgan fingerprint density at radius 2 is 1.76 bits per heavy atom. The van der Waals surface area contributed by atoms with Crippen LogP contribution in [0.1, 0.15) is 42.5 Å². The van der Waals surface area contributed by atoms with Gasteiger partial charge in [-0.05, 0) is 56.5 Å². The van der Waals surface area contributed by atoms with Crippen LogP contribution in [-0.2, 0) is 6.42 Å². The van der Waals surface area contributed by atoms with E-state index < -0.39 is 5.60 Å². The molecule has 6 rings (SSSR count). The number of aliphatic hydroxyl groups is 1. The van der Waals surface area contributed by atoms with Crippen molar-refractivity contribution in [2.24, 2.45) is 5.92 Å². The summed E-state index contributed by atoms with van der Waals surface area (Å²) in [6.45, 7) is 5.04. The molecule has 4 saturated heterocycles. The number of hydrogen-bond acceptors (Lipinski definition) is 4. The van der Waals surface area contributed by atoms with Crippen LogP contribution in [0.25, 0.3) is 0 Å². The molecule has 0 spiro atoms. The van der Waals surface area contributed by atoms with Gasteiger partial charge in [0.25, 0.3) is 0 Å². The maximum atomic E-state index is 11.2. The molecule has 0 saturated carbocycles. The van der Waals surface area contributed by atoms with Gasteiger partial charge in [0.05, 0.1) is 5.69 Å². The van der Waals surface area contributed by atoms with Crippen LogP contribution in [-0.4, -0.2) is 53.3 Å². The van der Waals surface area contributed by atoms with Gasteiger partial charge in [-0.1, -0.05) is 42.2 Å². The molecule has 4 aliphatic rings. The van der Waals surface area contributed by atoms with Gasteiger partial charge in [-0.2, -0.15) is 0 Å². The highest BCUT2D eigenvalue weighted by molar-refractivity contribution is 5.49. The maximum absolute atomic E-state index is 11.2. The molecule has 1 aromatic carbocycles. The lowest BCUT2D eigenvalue weighted by atomic mass is 9.75. The van der Waals surface area contributed by atoms with Gasteiger partial charge in [0.1, 0.15) is 11.4 Å². The molecule has 0 amide bonds. The molecule has 150 valence electrons. The van der Waals surface area contributed by atoms with Gasteiger partial charge in [0.15, 0.2) is 0 Å². The van der Waals surface area contributed by atoms with Gasteiger partial charge < -0.3 is 10.0 Å². The van der Waals surface area contributed by atoms with E-state index in [9.17, 15) is 5.11 Å². The van der Waals surface area contributed by atoms with E-state index in [0.29, 0.717) is 12.5 Å². The van der Waals surface area contributed by atoms with Crippen LogP contribution in [0.3, 0.4) is 0 Å². The number of nitrogens with zero attached hydrogens (tertiary/aromatic N) is 3. The second-order valence-electron chi connectivity index (χ2n) is 8.74. The van der Waals surface area contributed by atoms with Crippen LogP contribution in [0.4, 0.5) is 5.82 Å². The van der Waals surface area contributed by atoms with Crippen LogP contribution >= 0.6 is 0 Å². The zero-order valence-electron chi connectivity index (χ0n) is 17.0. The second kappa shape index (κ2) is 7.82. The largest absolute Gasteiger partial charge is 0.376 e. The van der Waals surface area contributed by atoms with E-state index in [1.54, 1.807) is 0 Å². The van der Waals surface area contributed by atoms with E-state index in [0.717, 1.165) is 62.5 Å². The monoisotopic (exact) mass is 387 g/mol. The van der Waals surface area contributed by atoms with E-state index in [2.05, 4.69) is 58.0 Å². The quantitative estimate of drug-likeness (QED) is 0.822. The van der Waals surface area contributed by atoms with Gasteiger partial charge >= 0.3 is 0 Å². The number of aromatic nitrogens is 1. The zero-order chi connectivity index (χ0) is 19.7. The first-order valence-corrected chi connectivity index (χ1v) is 11.0. The van der Waals surface area contributed by atoms with Crippen molar-refractivity contribution in [3.8, 4) is 11.8 Å². The normalized spacial score (nSPS) is 28.2. The van der Waals surface area contributed by atoms with Crippen LogP contribution < -0.4 is 4.90 Å². The third-order valence-corrected chi connectivity index (χ3v) is 6.75. The predicted octanol–water partition coefficient (Wildman–Crippen LogP) is 3.08. The average molecular weight is 388 g/mol. The number of anilines is 1. The number of rotatable bonds is 3. The topological polar surface area (TPSA) is 39.6 Å². The van der Waals surface area contributed by atoms with E-state index >= 15 is 0 Å². The molecule has 5 heterocycles. The predicted molar refractivity (Wildman–Crippen MR) is 116 cm³/mol. The van der Waals surface area contributed by atoms with E-state index in [4.69, 9.17) is 4.98 Å². The third kappa shape index (κ3) is 3.90. The Morgan fingerprint density at radius 1 is 1.00 bits per heavy atom. The highest BCUT2D eigenvalue weighted by atomic mass is 16.3. The molecule has 4 aliphatic heterocycles. The van der Waals surface area contributed by atoms with Crippen molar-refractivity contribution >= 4 is 5.82 Å². The smallest absolute Gasteiger partial charge is 0.141 e. The Bertz CT molecular complexity index is 918. The molecule has 4 heteroatoms. The van der Waals surface area contributed by atoms with Crippen LogP contribution in [0.5, 0.6) is 0 Å². The first-order valence-electron chi connectivity index (χ1n) is 11.0. The lowest BCUT2D eigenvalue weighted by Crippen LogP contribution is -2.58. The fourth-order valence-electron chi connectivity index (χ4n) is 5.01. The standard InChI is InChI=1S/C25H29N3O/c29-25(19-27-16-11-22(25)12-17-27)13-10-21-8-9-24(28-14-4-5-15-28)26-23(21)18-20-6-2-1-3-7-20/h1-3,6-9,22,29H,4-5,11-12,14-19H2. The number of pyridine rings is 1. The first kappa shape index (κ1) is 18.7. The summed E-state index contributed by atoms with van der Waals surface area (Å²) in [6, 6.07) is 14.7. The molecule has 29 heavy (non-hydrogen) atoms. The molecule has 2 aromatic rings. The summed E-state index contributed by atoms with van der Waals surface area (Å²) in [5.74, 6) is 7.97. The van der Waals surface area contributed by atoms with Gasteiger partial charge in [0.2, 0.25) is 0 Å². The Balaban J connectivity index is 1.47. The fourth-order valence-corrected chi connectivity index (χ4v) is 5.01. The number of benzene rings is 1. The van der Waals surface area contributed by atoms with Crippen LogP contribution in [0, 0.1) is 17.8 Å². The van der Waals surface area contributed by atoms with Crippen molar-refractivity contribution in [3.63, 3.8) is 0 Å². The van der Waals surface area contributed by atoms with Gasteiger partial charge in [-0.15, -0.1) is 0 Å². The van der Waals surface area contributed by atoms with Crippen molar-refractivity contribution in [2.75, 3.05) is 37.6 Å². The van der Waals surface area contributed by atoms with E-state index in [1.165, 1.54) is 18.4 Å².